The lowest BCUT2D eigenvalue weighted by Crippen LogP contribution is -3.00. The van der Waals surface area contributed by atoms with Gasteiger partial charge in [-0.1, -0.05) is 148 Å². The van der Waals surface area contributed by atoms with E-state index in [9.17, 15) is 4.79 Å². The number of para-hydroxylation sites is 1. The van der Waals surface area contributed by atoms with Crippen molar-refractivity contribution >= 4 is 10.9 Å². The topological polar surface area (TPSA) is 25.9 Å². The van der Waals surface area contributed by atoms with Crippen LogP contribution in [0.5, 0.6) is 0 Å². The Morgan fingerprint density at radius 1 is 0.568 bits per heavy atom. The van der Waals surface area contributed by atoms with Crippen LogP contribution in [0.25, 0.3) is 22.2 Å². The Kier molecular flexibility index (Phi) is 21.1. The first-order valence-electron chi connectivity index (χ1n) is 18.4. The van der Waals surface area contributed by atoms with Gasteiger partial charge < -0.3 is 21.5 Å². The molecule has 0 saturated heterocycles. The van der Waals surface area contributed by atoms with E-state index in [-0.39, 0.29) is 22.4 Å². The first kappa shape index (κ1) is 38.2. The van der Waals surface area contributed by atoms with Crippen LogP contribution in [0.4, 0.5) is 0 Å². The Labute approximate surface area is 280 Å². The molecule has 3 aromatic rings. The van der Waals surface area contributed by atoms with E-state index < -0.39 is 0 Å². The van der Waals surface area contributed by atoms with Crippen LogP contribution in [0.1, 0.15) is 155 Å². The fourth-order valence-corrected chi connectivity index (χ4v) is 6.48. The molecule has 0 fully saturated rings. The average Bonchev–Trinajstić information content (AvgIpc) is 3.03. The molecular weight excluding hydrogens is 604 g/mol. The highest BCUT2D eigenvalue weighted by Crippen LogP contribution is 2.23. The summed E-state index contributed by atoms with van der Waals surface area (Å²) in [5.74, 6) is 0. The standard InChI is InChI=1S/C40H63N2O.BrH/c1-3-5-7-9-11-13-15-17-19-21-25-31-41-33-29-36(30-34-41)39-35-40(43)37-27-23-24-28-38(37)42(39)32-26-22-20-18-16-14-12-10-8-6-4-2;/h23-24,27-30,33-35H,3-22,25-26,31-32H2,1-2H3;1H/q+1;/p-1. The molecule has 0 N–H and O–H groups in total. The second-order valence-electron chi connectivity index (χ2n) is 13.0. The smallest absolute Gasteiger partial charge is 0.190 e. The van der Waals surface area contributed by atoms with E-state index in [1.54, 1.807) is 0 Å². The first-order chi connectivity index (χ1) is 21.2. The quantitative estimate of drug-likeness (QED) is 0.0657. The number of aryl methyl sites for hydroxylation is 2. The number of rotatable bonds is 25. The van der Waals surface area contributed by atoms with Gasteiger partial charge in [0.2, 0.25) is 0 Å². The number of fused-ring (bicyclic) bond motifs is 1. The second-order valence-corrected chi connectivity index (χ2v) is 13.0. The van der Waals surface area contributed by atoms with Crippen LogP contribution < -0.4 is 27.0 Å². The third kappa shape index (κ3) is 14.4. The zero-order valence-corrected chi connectivity index (χ0v) is 29.9. The summed E-state index contributed by atoms with van der Waals surface area (Å²) in [6, 6.07) is 14.4. The molecule has 2 heterocycles. The Hall–Kier alpha value is -1.94. The van der Waals surface area contributed by atoms with Gasteiger partial charge in [0.25, 0.3) is 0 Å². The molecule has 0 aliphatic carbocycles. The van der Waals surface area contributed by atoms with E-state index in [1.165, 1.54) is 135 Å². The molecule has 0 bridgehead atoms. The number of hydrogen-bond donors (Lipinski definition) is 0. The molecule has 3 rings (SSSR count). The number of hydrogen-bond acceptors (Lipinski definition) is 1. The number of benzene rings is 1. The van der Waals surface area contributed by atoms with E-state index in [2.05, 4.69) is 59.6 Å². The van der Waals surface area contributed by atoms with Crippen molar-refractivity contribution < 1.29 is 21.5 Å². The summed E-state index contributed by atoms with van der Waals surface area (Å²) in [6.45, 7) is 6.60. The number of aromatic nitrogens is 2. The van der Waals surface area contributed by atoms with Gasteiger partial charge in [-0.15, -0.1) is 0 Å². The van der Waals surface area contributed by atoms with Crippen molar-refractivity contribution in [2.75, 3.05) is 0 Å². The summed E-state index contributed by atoms with van der Waals surface area (Å²) in [5, 5.41) is 0.830. The lowest BCUT2D eigenvalue weighted by molar-refractivity contribution is -0.697. The molecule has 0 aliphatic rings. The molecule has 0 spiro atoms. The summed E-state index contributed by atoms with van der Waals surface area (Å²) in [5.41, 5.74) is 3.38. The van der Waals surface area contributed by atoms with Crippen LogP contribution >= 0.6 is 0 Å². The molecule has 44 heavy (non-hydrogen) atoms. The van der Waals surface area contributed by atoms with Crippen LogP contribution in [0.3, 0.4) is 0 Å². The molecule has 4 heteroatoms. The predicted octanol–water partition coefficient (Wildman–Crippen LogP) is 8.58. The van der Waals surface area contributed by atoms with Gasteiger partial charge in [0.1, 0.15) is 6.54 Å². The number of nitrogens with zero attached hydrogens (tertiary/aromatic N) is 2. The molecule has 1 aromatic carbocycles. The Morgan fingerprint density at radius 3 is 1.55 bits per heavy atom. The van der Waals surface area contributed by atoms with Crippen LogP contribution in [0.2, 0.25) is 0 Å². The van der Waals surface area contributed by atoms with Crippen molar-refractivity contribution in [3.8, 4) is 11.3 Å². The SMILES string of the molecule is CCCCCCCCCCCCCn1c(-c2cc[n+](CCCCCCCCCCCCC)cc2)cc(=O)c2ccccc21.[Br-]. The molecule has 0 atom stereocenters. The summed E-state index contributed by atoms with van der Waals surface area (Å²) in [7, 11) is 0. The second kappa shape index (κ2) is 24.3. The molecule has 2 aromatic heterocycles. The largest absolute Gasteiger partial charge is 1.00 e. The number of halogens is 1. The van der Waals surface area contributed by atoms with Crippen LogP contribution in [0, 0.1) is 0 Å². The average molecular weight is 668 g/mol. The van der Waals surface area contributed by atoms with Crippen molar-refractivity contribution in [1.29, 1.82) is 0 Å². The number of pyridine rings is 2. The Bertz CT molecular complexity index is 1190. The highest BCUT2D eigenvalue weighted by molar-refractivity contribution is 5.82. The molecule has 3 nitrogen and oxygen atoms in total. The van der Waals surface area contributed by atoms with E-state index in [4.69, 9.17) is 0 Å². The van der Waals surface area contributed by atoms with E-state index in [0.29, 0.717) is 0 Å². The molecule has 246 valence electrons. The van der Waals surface area contributed by atoms with Gasteiger partial charge in [-0.25, -0.2) is 4.57 Å². The van der Waals surface area contributed by atoms with Gasteiger partial charge in [0.15, 0.2) is 17.8 Å². The maximum atomic E-state index is 13.1. The van der Waals surface area contributed by atoms with Crippen molar-refractivity contribution in [3.63, 3.8) is 0 Å². The van der Waals surface area contributed by atoms with Crippen molar-refractivity contribution in [3.05, 3.63) is 65.1 Å². The molecule has 0 aliphatic heterocycles. The minimum atomic E-state index is 0. The van der Waals surface area contributed by atoms with Gasteiger partial charge in [0, 0.05) is 42.1 Å². The predicted molar refractivity (Wildman–Crippen MR) is 187 cm³/mol. The fraction of sp³-hybridized carbons (Fsp3) is 0.650. The van der Waals surface area contributed by atoms with Crippen molar-refractivity contribution in [2.24, 2.45) is 0 Å². The van der Waals surface area contributed by atoms with Crippen LogP contribution in [0.15, 0.2) is 59.7 Å². The molecule has 0 saturated carbocycles. The lowest BCUT2D eigenvalue weighted by Gasteiger charge is -2.17. The number of unbranched alkanes of at least 4 members (excludes halogenated alkanes) is 20. The van der Waals surface area contributed by atoms with E-state index in [0.717, 1.165) is 41.7 Å². The Morgan fingerprint density at radius 2 is 1.02 bits per heavy atom. The lowest BCUT2D eigenvalue weighted by atomic mass is 10.1. The third-order valence-corrected chi connectivity index (χ3v) is 9.21. The maximum absolute atomic E-state index is 13.1. The van der Waals surface area contributed by atoms with Crippen LogP contribution in [-0.4, -0.2) is 4.57 Å². The minimum Gasteiger partial charge on any atom is -1.00 e. The monoisotopic (exact) mass is 666 g/mol. The van der Waals surface area contributed by atoms with E-state index in [1.807, 2.05) is 18.2 Å². The zero-order chi connectivity index (χ0) is 30.4. The highest BCUT2D eigenvalue weighted by atomic mass is 79.9. The normalized spacial score (nSPS) is 11.2. The molecule has 0 radical (unpaired) electrons. The summed E-state index contributed by atoms with van der Waals surface area (Å²) >= 11 is 0. The molecule has 0 amide bonds. The third-order valence-electron chi connectivity index (χ3n) is 9.21. The molecule has 0 unspecified atom stereocenters. The Balaban J connectivity index is 0.00000675. The van der Waals surface area contributed by atoms with Gasteiger partial charge >= 0.3 is 0 Å². The van der Waals surface area contributed by atoms with Crippen molar-refractivity contribution in [2.45, 2.75) is 168 Å². The van der Waals surface area contributed by atoms with Crippen LogP contribution in [-0.2, 0) is 13.1 Å². The fourth-order valence-electron chi connectivity index (χ4n) is 6.48. The summed E-state index contributed by atoms with van der Waals surface area (Å²) in [6.07, 6.45) is 34.3. The van der Waals surface area contributed by atoms with Gasteiger partial charge in [-0.3, -0.25) is 4.79 Å². The van der Waals surface area contributed by atoms with Crippen molar-refractivity contribution in [1.82, 2.24) is 4.57 Å². The summed E-state index contributed by atoms with van der Waals surface area (Å²) in [4.78, 5) is 13.1. The maximum Gasteiger partial charge on any atom is 0.190 e. The first-order valence-corrected chi connectivity index (χ1v) is 18.4. The highest BCUT2D eigenvalue weighted by Gasteiger charge is 2.12. The van der Waals surface area contributed by atoms with Gasteiger partial charge in [-0.2, -0.15) is 0 Å². The molecular formula is C40H63BrN2O. The zero-order valence-electron chi connectivity index (χ0n) is 28.3. The van der Waals surface area contributed by atoms with Gasteiger partial charge in [-0.05, 0) is 25.0 Å². The minimum absolute atomic E-state index is 0. The summed E-state index contributed by atoms with van der Waals surface area (Å²) < 4.78 is 4.71. The van der Waals surface area contributed by atoms with E-state index >= 15 is 0 Å². The van der Waals surface area contributed by atoms with Gasteiger partial charge in [0.05, 0.1) is 11.2 Å².